The van der Waals surface area contributed by atoms with Gasteiger partial charge in [0.05, 0.1) is 0 Å². The number of anilines is 1. The first-order valence-electron chi connectivity index (χ1n) is 6.59. The molecular weight excluding hydrogens is 198 g/mol. The summed E-state index contributed by atoms with van der Waals surface area (Å²) in [6.07, 6.45) is 11.6. The SMILES string of the molecule is CCCCn1ccnc1NC1(CC)CCC1. The van der Waals surface area contributed by atoms with Crippen molar-refractivity contribution in [2.75, 3.05) is 5.32 Å². The molecule has 90 valence electrons. The first kappa shape index (κ1) is 11.5. The molecule has 0 saturated heterocycles. The summed E-state index contributed by atoms with van der Waals surface area (Å²) in [6, 6.07) is 0. The average Bonchev–Trinajstić information content (AvgIpc) is 2.68. The van der Waals surface area contributed by atoms with Crippen molar-refractivity contribution in [2.45, 2.75) is 64.5 Å². The molecule has 1 aromatic heterocycles. The van der Waals surface area contributed by atoms with Crippen LogP contribution in [-0.2, 0) is 6.54 Å². The Hall–Kier alpha value is -0.990. The van der Waals surface area contributed by atoms with Crippen LogP contribution in [0.2, 0.25) is 0 Å². The Labute approximate surface area is 98.3 Å². The Bertz CT molecular complexity index is 320. The van der Waals surface area contributed by atoms with Gasteiger partial charge in [-0.05, 0) is 32.1 Å². The summed E-state index contributed by atoms with van der Waals surface area (Å²) in [4.78, 5) is 4.44. The van der Waals surface area contributed by atoms with Gasteiger partial charge in [0.15, 0.2) is 0 Å². The molecule has 16 heavy (non-hydrogen) atoms. The highest BCUT2D eigenvalue weighted by atomic mass is 15.2. The topological polar surface area (TPSA) is 29.9 Å². The van der Waals surface area contributed by atoms with Crippen LogP contribution in [0, 0.1) is 0 Å². The number of hydrogen-bond donors (Lipinski definition) is 1. The molecule has 1 N–H and O–H groups in total. The molecule has 0 amide bonds. The highest BCUT2D eigenvalue weighted by molar-refractivity contribution is 5.32. The van der Waals surface area contributed by atoms with Gasteiger partial charge in [-0.15, -0.1) is 0 Å². The summed E-state index contributed by atoms with van der Waals surface area (Å²) in [6.45, 7) is 5.58. The molecule has 1 aromatic rings. The predicted molar refractivity (Wildman–Crippen MR) is 67.6 cm³/mol. The van der Waals surface area contributed by atoms with E-state index in [0.29, 0.717) is 5.54 Å². The van der Waals surface area contributed by atoms with Crippen LogP contribution in [0.25, 0.3) is 0 Å². The zero-order valence-corrected chi connectivity index (χ0v) is 10.5. The zero-order chi connectivity index (χ0) is 11.4. The monoisotopic (exact) mass is 221 g/mol. The van der Waals surface area contributed by atoms with Crippen LogP contribution >= 0.6 is 0 Å². The van der Waals surface area contributed by atoms with Gasteiger partial charge in [0.1, 0.15) is 0 Å². The summed E-state index contributed by atoms with van der Waals surface area (Å²) in [7, 11) is 0. The second-order valence-electron chi connectivity index (χ2n) is 4.91. The molecule has 0 atom stereocenters. The van der Waals surface area contributed by atoms with E-state index in [-0.39, 0.29) is 0 Å². The predicted octanol–water partition coefficient (Wildman–Crippen LogP) is 3.43. The van der Waals surface area contributed by atoms with Gasteiger partial charge in [0.2, 0.25) is 5.95 Å². The van der Waals surface area contributed by atoms with E-state index >= 15 is 0 Å². The molecule has 0 aliphatic heterocycles. The quantitative estimate of drug-likeness (QED) is 0.797. The maximum Gasteiger partial charge on any atom is 0.203 e. The normalized spacial score (nSPS) is 18.1. The first-order chi connectivity index (χ1) is 7.79. The molecule has 0 aromatic carbocycles. The third-order valence-electron chi connectivity index (χ3n) is 3.83. The minimum absolute atomic E-state index is 0.343. The number of nitrogens with zero attached hydrogens (tertiary/aromatic N) is 2. The maximum atomic E-state index is 4.44. The Balaban J connectivity index is 2.00. The molecule has 1 heterocycles. The van der Waals surface area contributed by atoms with E-state index in [1.54, 1.807) is 0 Å². The van der Waals surface area contributed by atoms with Crippen LogP contribution in [0.1, 0.15) is 52.4 Å². The number of imidazole rings is 1. The van der Waals surface area contributed by atoms with E-state index < -0.39 is 0 Å². The third kappa shape index (κ3) is 2.23. The summed E-state index contributed by atoms with van der Waals surface area (Å²) >= 11 is 0. The molecule has 1 saturated carbocycles. The van der Waals surface area contributed by atoms with Gasteiger partial charge in [-0.3, -0.25) is 0 Å². The van der Waals surface area contributed by atoms with E-state index in [2.05, 4.69) is 34.9 Å². The van der Waals surface area contributed by atoms with Crippen molar-refractivity contribution < 1.29 is 0 Å². The molecule has 1 fully saturated rings. The van der Waals surface area contributed by atoms with Crippen molar-refractivity contribution in [3.63, 3.8) is 0 Å². The highest BCUT2D eigenvalue weighted by Gasteiger charge is 2.35. The van der Waals surface area contributed by atoms with Crippen LogP contribution in [0.15, 0.2) is 12.4 Å². The highest BCUT2D eigenvalue weighted by Crippen LogP contribution is 2.37. The number of aryl methyl sites for hydroxylation is 1. The number of nitrogens with one attached hydrogen (secondary N) is 1. The molecular formula is C13H23N3. The van der Waals surface area contributed by atoms with Crippen LogP contribution in [0.5, 0.6) is 0 Å². The van der Waals surface area contributed by atoms with E-state index in [4.69, 9.17) is 0 Å². The van der Waals surface area contributed by atoms with Gasteiger partial charge in [-0.1, -0.05) is 20.3 Å². The second kappa shape index (κ2) is 4.89. The minimum Gasteiger partial charge on any atom is -0.350 e. The fourth-order valence-electron chi connectivity index (χ4n) is 2.35. The van der Waals surface area contributed by atoms with E-state index in [9.17, 15) is 0 Å². The molecule has 0 radical (unpaired) electrons. The Morgan fingerprint density at radius 1 is 1.44 bits per heavy atom. The summed E-state index contributed by atoms with van der Waals surface area (Å²) < 4.78 is 2.25. The lowest BCUT2D eigenvalue weighted by Crippen LogP contribution is -2.45. The van der Waals surface area contributed by atoms with Gasteiger partial charge >= 0.3 is 0 Å². The van der Waals surface area contributed by atoms with Crippen LogP contribution in [-0.4, -0.2) is 15.1 Å². The van der Waals surface area contributed by atoms with Crippen LogP contribution in [0.4, 0.5) is 5.95 Å². The summed E-state index contributed by atoms with van der Waals surface area (Å²) in [5.74, 6) is 1.06. The molecule has 2 rings (SSSR count). The molecule has 0 spiro atoms. The van der Waals surface area contributed by atoms with Crippen LogP contribution in [0.3, 0.4) is 0 Å². The van der Waals surface area contributed by atoms with Gasteiger partial charge in [-0.25, -0.2) is 4.98 Å². The lowest BCUT2D eigenvalue weighted by molar-refractivity contribution is 0.267. The van der Waals surface area contributed by atoms with Crippen molar-refractivity contribution in [1.29, 1.82) is 0 Å². The van der Waals surface area contributed by atoms with Gasteiger partial charge in [-0.2, -0.15) is 0 Å². The third-order valence-corrected chi connectivity index (χ3v) is 3.83. The minimum atomic E-state index is 0.343. The van der Waals surface area contributed by atoms with Gasteiger partial charge in [0, 0.05) is 24.5 Å². The fraction of sp³-hybridized carbons (Fsp3) is 0.769. The van der Waals surface area contributed by atoms with Crippen molar-refractivity contribution >= 4 is 5.95 Å². The maximum absolute atomic E-state index is 4.44. The summed E-state index contributed by atoms with van der Waals surface area (Å²) in [5.41, 5.74) is 0.343. The molecule has 3 heteroatoms. The van der Waals surface area contributed by atoms with Gasteiger partial charge in [0.25, 0.3) is 0 Å². The lowest BCUT2D eigenvalue weighted by atomic mass is 9.75. The standard InChI is InChI=1S/C13H23N3/c1-3-5-10-16-11-9-14-12(16)15-13(4-2)7-6-8-13/h9,11H,3-8,10H2,1-2H3,(H,14,15). The lowest BCUT2D eigenvalue weighted by Gasteiger charge is -2.42. The molecule has 0 bridgehead atoms. The number of hydrogen-bond acceptors (Lipinski definition) is 2. The van der Waals surface area contributed by atoms with Crippen molar-refractivity contribution in [1.82, 2.24) is 9.55 Å². The van der Waals surface area contributed by atoms with E-state index in [1.165, 1.54) is 38.5 Å². The smallest absolute Gasteiger partial charge is 0.203 e. The van der Waals surface area contributed by atoms with E-state index in [0.717, 1.165) is 12.5 Å². The number of unbranched alkanes of at least 4 members (excludes halogenated alkanes) is 1. The number of aromatic nitrogens is 2. The van der Waals surface area contributed by atoms with Crippen LogP contribution < -0.4 is 5.32 Å². The molecule has 0 unspecified atom stereocenters. The molecule has 1 aliphatic rings. The van der Waals surface area contributed by atoms with E-state index in [1.807, 2.05) is 6.20 Å². The Morgan fingerprint density at radius 3 is 2.81 bits per heavy atom. The summed E-state index contributed by atoms with van der Waals surface area (Å²) in [5, 5.41) is 3.65. The Kier molecular flexibility index (Phi) is 3.52. The molecule has 3 nitrogen and oxygen atoms in total. The molecule has 1 aliphatic carbocycles. The number of rotatable bonds is 6. The largest absolute Gasteiger partial charge is 0.350 e. The average molecular weight is 221 g/mol. The second-order valence-corrected chi connectivity index (χ2v) is 4.91. The fourth-order valence-corrected chi connectivity index (χ4v) is 2.35. The first-order valence-corrected chi connectivity index (χ1v) is 6.59. The van der Waals surface area contributed by atoms with Crippen molar-refractivity contribution in [3.05, 3.63) is 12.4 Å². The van der Waals surface area contributed by atoms with Gasteiger partial charge < -0.3 is 9.88 Å². The zero-order valence-electron chi connectivity index (χ0n) is 10.5. The Morgan fingerprint density at radius 2 is 2.25 bits per heavy atom. The van der Waals surface area contributed by atoms with Crippen molar-refractivity contribution in [2.24, 2.45) is 0 Å². The van der Waals surface area contributed by atoms with Crippen molar-refractivity contribution in [3.8, 4) is 0 Å².